The summed E-state index contributed by atoms with van der Waals surface area (Å²) in [4.78, 5) is 0. The van der Waals surface area contributed by atoms with Crippen LogP contribution in [0.1, 0.15) is 13.3 Å². The Labute approximate surface area is 62.7 Å². The van der Waals surface area contributed by atoms with Crippen LogP contribution in [0, 0.1) is 0 Å². The van der Waals surface area contributed by atoms with Crippen molar-refractivity contribution in [1.29, 1.82) is 0 Å². The zero-order valence-corrected chi connectivity index (χ0v) is 6.47. The molecule has 0 unspecified atom stereocenters. The van der Waals surface area contributed by atoms with Crippen molar-refractivity contribution in [3.63, 3.8) is 0 Å². The molecule has 0 amide bonds. The van der Waals surface area contributed by atoms with Gasteiger partial charge in [-0.25, -0.2) is 0 Å². The summed E-state index contributed by atoms with van der Waals surface area (Å²) in [5, 5.41) is 0. The quantitative estimate of drug-likeness (QED) is 0.419. The molecule has 0 aromatic heterocycles. The molecular formula is C9H14O. The van der Waals surface area contributed by atoms with E-state index in [9.17, 15) is 0 Å². The summed E-state index contributed by atoms with van der Waals surface area (Å²) in [6.07, 6.45) is 6.18. The summed E-state index contributed by atoms with van der Waals surface area (Å²) in [6.45, 7) is 9.95. The van der Waals surface area contributed by atoms with Crippen molar-refractivity contribution in [2.24, 2.45) is 0 Å². The Morgan fingerprint density at radius 1 is 1.50 bits per heavy atom. The Morgan fingerprint density at radius 2 is 2.20 bits per heavy atom. The zero-order valence-electron chi connectivity index (χ0n) is 6.47. The van der Waals surface area contributed by atoms with E-state index in [4.69, 9.17) is 4.74 Å². The van der Waals surface area contributed by atoms with Crippen LogP contribution in [0.3, 0.4) is 0 Å². The summed E-state index contributed by atoms with van der Waals surface area (Å²) < 4.78 is 5.25. The van der Waals surface area contributed by atoms with Crippen molar-refractivity contribution in [2.75, 3.05) is 6.61 Å². The van der Waals surface area contributed by atoms with E-state index in [2.05, 4.69) is 20.1 Å². The van der Waals surface area contributed by atoms with Crippen molar-refractivity contribution in [1.82, 2.24) is 0 Å². The van der Waals surface area contributed by atoms with E-state index in [0.29, 0.717) is 0 Å². The molecule has 0 rings (SSSR count). The van der Waals surface area contributed by atoms with Gasteiger partial charge in [0.2, 0.25) is 0 Å². The second-order valence-electron chi connectivity index (χ2n) is 1.86. The van der Waals surface area contributed by atoms with Crippen molar-refractivity contribution < 1.29 is 4.74 Å². The standard InChI is InChI=1S/C9H14O/c1-4-7-9(6-3)10-8-5-2/h4,6-7H,1,3,5,8H2,2H3/b9-7+. The minimum absolute atomic E-state index is 0.742. The third-order valence-electron chi connectivity index (χ3n) is 0.956. The van der Waals surface area contributed by atoms with Crippen LogP contribution in [-0.2, 0) is 4.74 Å². The summed E-state index contributed by atoms with van der Waals surface area (Å²) in [6, 6.07) is 0. The van der Waals surface area contributed by atoms with Crippen LogP contribution < -0.4 is 0 Å². The minimum atomic E-state index is 0.742. The Hall–Kier alpha value is -0.980. The first-order valence-corrected chi connectivity index (χ1v) is 3.43. The number of allylic oxidation sites excluding steroid dienone is 3. The lowest BCUT2D eigenvalue weighted by Gasteiger charge is -2.02. The molecular weight excluding hydrogens is 124 g/mol. The van der Waals surface area contributed by atoms with E-state index in [-0.39, 0.29) is 0 Å². The molecule has 0 aliphatic heterocycles. The first kappa shape index (κ1) is 9.02. The minimum Gasteiger partial charge on any atom is -0.494 e. The average Bonchev–Trinajstić information content (AvgIpc) is 1.98. The SMILES string of the molecule is C=C/C=C(\C=C)OCCC. The molecule has 0 N–H and O–H groups in total. The second kappa shape index (κ2) is 6.14. The maximum atomic E-state index is 5.25. The molecule has 0 radical (unpaired) electrons. The molecule has 10 heavy (non-hydrogen) atoms. The van der Waals surface area contributed by atoms with E-state index in [0.717, 1.165) is 18.8 Å². The molecule has 0 fully saturated rings. The van der Waals surface area contributed by atoms with Crippen LogP contribution >= 0.6 is 0 Å². The van der Waals surface area contributed by atoms with E-state index in [1.54, 1.807) is 18.2 Å². The normalized spacial score (nSPS) is 10.7. The molecule has 0 atom stereocenters. The van der Waals surface area contributed by atoms with Gasteiger partial charge in [0.15, 0.2) is 0 Å². The van der Waals surface area contributed by atoms with Gasteiger partial charge in [-0.1, -0.05) is 26.2 Å². The van der Waals surface area contributed by atoms with Crippen molar-refractivity contribution in [2.45, 2.75) is 13.3 Å². The summed E-state index contributed by atoms with van der Waals surface area (Å²) in [5.74, 6) is 0.789. The van der Waals surface area contributed by atoms with E-state index in [1.807, 2.05) is 0 Å². The summed E-state index contributed by atoms with van der Waals surface area (Å²) in [7, 11) is 0. The first-order valence-electron chi connectivity index (χ1n) is 3.43. The first-order chi connectivity index (χ1) is 4.85. The van der Waals surface area contributed by atoms with Crippen molar-refractivity contribution in [3.8, 4) is 0 Å². The zero-order chi connectivity index (χ0) is 7.82. The molecule has 0 heterocycles. The Morgan fingerprint density at radius 3 is 2.60 bits per heavy atom. The molecule has 56 valence electrons. The van der Waals surface area contributed by atoms with Crippen molar-refractivity contribution >= 4 is 0 Å². The molecule has 0 saturated carbocycles. The van der Waals surface area contributed by atoms with Gasteiger partial charge in [0, 0.05) is 0 Å². The lowest BCUT2D eigenvalue weighted by molar-refractivity contribution is 0.225. The molecule has 1 nitrogen and oxygen atoms in total. The van der Waals surface area contributed by atoms with Crippen LogP contribution in [0.25, 0.3) is 0 Å². The van der Waals surface area contributed by atoms with Crippen LogP contribution in [-0.4, -0.2) is 6.61 Å². The van der Waals surface area contributed by atoms with Gasteiger partial charge in [-0.05, 0) is 18.6 Å². The third-order valence-corrected chi connectivity index (χ3v) is 0.956. The predicted octanol–water partition coefficient (Wildman–Crippen LogP) is 2.67. The number of ether oxygens (including phenoxy) is 1. The number of rotatable bonds is 5. The topological polar surface area (TPSA) is 9.23 Å². The van der Waals surface area contributed by atoms with Crippen LogP contribution in [0.5, 0.6) is 0 Å². The summed E-state index contributed by atoms with van der Waals surface area (Å²) in [5.41, 5.74) is 0. The molecule has 0 saturated heterocycles. The van der Waals surface area contributed by atoms with Crippen LogP contribution in [0.4, 0.5) is 0 Å². The highest BCUT2D eigenvalue weighted by molar-refractivity contribution is 5.14. The largest absolute Gasteiger partial charge is 0.494 e. The van der Waals surface area contributed by atoms with E-state index < -0.39 is 0 Å². The predicted molar refractivity (Wildman–Crippen MR) is 44.7 cm³/mol. The Balaban J connectivity index is 3.70. The van der Waals surface area contributed by atoms with Gasteiger partial charge in [-0.15, -0.1) is 0 Å². The highest BCUT2D eigenvalue weighted by Gasteiger charge is 1.86. The van der Waals surface area contributed by atoms with Crippen LogP contribution in [0.15, 0.2) is 37.1 Å². The molecule has 0 spiro atoms. The van der Waals surface area contributed by atoms with Gasteiger partial charge in [0.25, 0.3) is 0 Å². The van der Waals surface area contributed by atoms with Gasteiger partial charge in [-0.2, -0.15) is 0 Å². The fourth-order valence-corrected chi connectivity index (χ4v) is 0.511. The highest BCUT2D eigenvalue weighted by Crippen LogP contribution is 1.98. The van der Waals surface area contributed by atoms with Gasteiger partial charge in [-0.3, -0.25) is 0 Å². The highest BCUT2D eigenvalue weighted by atomic mass is 16.5. The lowest BCUT2D eigenvalue weighted by atomic mass is 10.4. The molecule has 0 aromatic rings. The van der Waals surface area contributed by atoms with E-state index >= 15 is 0 Å². The monoisotopic (exact) mass is 138 g/mol. The van der Waals surface area contributed by atoms with E-state index in [1.165, 1.54) is 0 Å². The lowest BCUT2D eigenvalue weighted by Crippen LogP contribution is -1.89. The Bertz CT molecular complexity index is 134. The average molecular weight is 138 g/mol. The van der Waals surface area contributed by atoms with Crippen molar-refractivity contribution in [3.05, 3.63) is 37.1 Å². The van der Waals surface area contributed by atoms with Gasteiger partial charge < -0.3 is 4.74 Å². The maximum absolute atomic E-state index is 5.25. The smallest absolute Gasteiger partial charge is 0.118 e. The van der Waals surface area contributed by atoms with Gasteiger partial charge >= 0.3 is 0 Å². The summed E-state index contributed by atoms with van der Waals surface area (Å²) >= 11 is 0. The Kier molecular flexibility index (Phi) is 5.54. The second-order valence-corrected chi connectivity index (χ2v) is 1.86. The number of hydrogen-bond donors (Lipinski definition) is 0. The fourth-order valence-electron chi connectivity index (χ4n) is 0.511. The molecule has 0 bridgehead atoms. The molecule has 0 aliphatic carbocycles. The van der Waals surface area contributed by atoms with Gasteiger partial charge in [0.1, 0.15) is 5.76 Å². The van der Waals surface area contributed by atoms with Crippen LogP contribution in [0.2, 0.25) is 0 Å². The van der Waals surface area contributed by atoms with Gasteiger partial charge in [0.05, 0.1) is 6.61 Å². The third kappa shape index (κ3) is 3.96. The molecule has 1 heteroatoms. The maximum Gasteiger partial charge on any atom is 0.118 e. The molecule has 0 aromatic carbocycles. The number of hydrogen-bond acceptors (Lipinski definition) is 1. The fraction of sp³-hybridized carbons (Fsp3) is 0.333. The molecule has 0 aliphatic rings.